The number of carboxylic acids is 1. The van der Waals surface area contributed by atoms with Crippen molar-refractivity contribution in [2.24, 2.45) is 5.92 Å². The Bertz CT molecular complexity index is 799. The molecule has 2 aromatic carbocycles. The number of carbonyl (C=O) groups is 2. The van der Waals surface area contributed by atoms with Crippen molar-refractivity contribution >= 4 is 12.0 Å². The molecule has 0 saturated heterocycles. The van der Waals surface area contributed by atoms with E-state index < -0.39 is 5.97 Å². The van der Waals surface area contributed by atoms with E-state index in [1.165, 1.54) is 0 Å². The highest BCUT2D eigenvalue weighted by atomic mass is 16.5. The van der Waals surface area contributed by atoms with Gasteiger partial charge in [0.1, 0.15) is 5.75 Å². The van der Waals surface area contributed by atoms with Crippen LogP contribution < -0.4 is 10.1 Å². The summed E-state index contributed by atoms with van der Waals surface area (Å²) in [6.45, 7) is 0.984. The third-order valence-electron chi connectivity index (χ3n) is 5.44. The second-order valence-electron chi connectivity index (χ2n) is 7.53. The molecule has 154 valence electrons. The van der Waals surface area contributed by atoms with E-state index in [0.29, 0.717) is 38.8 Å². The van der Waals surface area contributed by atoms with Crippen LogP contribution in [-0.2, 0) is 17.9 Å². The first kappa shape index (κ1) is 20.7. The third kappa shape index (κ3) is 5.98. The topological polar surface area (TPSA) is 78.9 Å². The Morgan fingerprint density at radius 3 is 2.10 bits per heavy atom. The average Bonchev–Trinajstić information content (AvgIpc) is 2.75. The summed E-state index contributed by atoms with van der Waals surface area (Å²) in [6, 6.07) is 17.5. The Morgan fingerprint density at radius 2 is 1.55 bits per heavy atom. The summed E-state index contributed by atoms with van der Waals surface area (Å²) < 4.78 is 5.21. The lowest BCUT2D eigenvalue weighted by atomic mass is 9.86. The first-order valence-corrected chi connectivity index (χ1v) is 10.00. The van der Waals surface area contributed by atoms with E-state index in [0.717, 1.165) is 16.9 Å². The summed E-state index contributed by atoms with van der Waals surface area (Å²) in [6.07, 6.45) is 2.61. The minimum absolute atomic E-state index is 0.0206. The zero-order chi connectivity index (χ0) is 20.6. The van der Waals surface area contributed by atoms with Crippen molar-refractivity contribution in [2.45, 2.75) is 44.8 Å². The molecule has 0 unspecified atom stereocenters. The lowest BCUT2D eigenvalue weighted by Gasteiger charge is -2.30. The van der Waals surface area contributed by atoms with Gasteiger partial charge in [-0.2, -0.15) is 0 Å². The molecule has 0 heterocycles. The lowest BCUT2D eigenvalue weighted by molar-refractivity contribution is -0.142. The minimum atomic E-state index is -0.736. The second-order valence-corrected chi connectivity index (χ2v) is 7.53. The van der Waals surface area contributed by atoms with Gasteiger partial charge < -0.3 is 20.1 Å². The number of hydrogen-bond acceptors (Lipinski definition) is 3. The molecule has 29 heavy (non-hydrogen) atoms. The van der Waals surface area contributed by atoms with Gasteiger partial charge in [-0.05, 0) is 48.9 Å². The number of rotatable bonds is 7. The summed E-state index contributed by atoms with van der Waals surface area (Å²) in [4.78, 5) is 26.0. The first-order chi connectivity index (χ1) is 14.0. The summed E-state index contributed by atoms with van der Waals surface area (Å²) in [5.74, 6) is -0.245. The van der Waals surface area contributed by atoms with E-state index in [9.17, 15) is 9.59 Å². The predicted molar refractivity (Wildman–Crippen MR) is 111 cm³/mol. The molecule has 0 aromatic heterocycles. The van der Waals surface area contributed by atoms with Gasteiger partial charge >= 0.3 is 12.0 Å². The monoisotopic (exact) mass is 396 g/mol. The van der Waals surface area contributed by atoms with Crippen molar-refractivity contribution in [3.8, 4) is 5.75 Å². The van der Waals surface area contributed by atoms with Gasteiger partial charge in [0, 0.05) is 19.1 Å². The van der Waals surface area contributed by atoms with Crippen LogP contribution in [-0.4, -0.2) is 35.2 Å². The van der Waals surface area contributed by atoms with Crippen LogP contribution >= 0.6 is 0 Å². The minimum Gasteiger partial charge on any atom is -0.497 e. The fourth-order valence-corrected chi connectivity index (χ4v) is 3.71. The lowest BCUT2D eigenvalue weighted by Crippen LogP contribution is -2.45. The molecule has 0 aliphatic heterocycles. The molecule has 6 heteroatoms. The number of hydrogen-bond donors (Lipinski definition) is 2. The molecule has 6 nitrogen and oxygen atoms in total. The maximum absolute atomic E-state index is 13.0. The van der Waals surface area contributed by atoms with E-state index in [-0.39, 0.29) is 18.0 Å². The zero-order valence-corrected chi connectivity index (χ0v) is 16.7. The molecule has 3 rings (SSSR count). The van der Waals surface area contributed by atoms with Crippen LogP contribution in [0.1, 0.15) is 36.8 Å². The first-order valence-electron chi connectivity index (χ1n) is 10.00. The molecule has 1 fully saturated rings. The quantitative estimate of drug-likeness (QED) is 0.740. The standard InChI is InChI=1S/C23H28N2O4/c1-29-21-13-7-18(8-14-21)16-25(15-17-5-3-2-4-6-17)23(28)24-20-11-9-19(10-12-20)22(26)27/h2-8,13-14,19-20H,9-12,15-16H2,1H3,(H,24,28)(H,26,27). The number of methoxy groups -OCH3 is 1. The largest absolute Gasteiger partial charge is 0.497 e. The second kappa shape index (κ2) is 9.96. The molecule has 0 spiro atoms. The van der Waals surface area contributed by atoms with Crippen LogP contribution in [0.2, 0.25) is 0 Å². The highest BCUT2D eigenvalue weighted by Gasteiger charge is 2.27. The number of carbonyl (C=O) groups excluding carboxylic acids is 1. The molecule has 0 radical (unpaired) electrons. The Labute approximate surface area is 171 Å². The van der Waals surface area contributed by atoms with E-state index in [1.807, 2.05) is 54.6 Å². The van der Waals surface area contributed by atoms with Crippen LogP contribution in [0.25, 0.3) is 0 Å². The van der Waals surface area contributed by atoms with Crippen molar-refractivity contribution in [2.75, 3.05) is 7.11 Å². The van der Waals surface area contributed by atoms with Crippen LogP contribution in [0.4, 0.5) is 4.79 Å². The van der Waals surface area contributed by atoms with Crippen molar-refractivity contribution in [3.63, 3.8) is 0 Å². The zero-order valence-electron chi connectivity index (χ0n) is 16.7. The number of nitrogens with zero attached hydrogens (tertiary/aromatic N) is 1. The van der Waals surface area contributed by atoms with Crippen molar-refractivity contribution in [1.82, 2.24) is 10.2 Å². The Morgan fingerprint density at radius 1 is 0.966 bits per heavy atom. The van der Waals surface area contributed by atoms with E-state index >= 15 is 0 Å². The van der Waals surface area contributed by atoms with Gasteiger partial charge in [0.25, 0.3) is 0 Å². The maximum atomic E-state index is 13.0. The van der Waals surface area contributed by atoms with Crippen molar-refractivity contribution < 1.29 is 19.4 Å². The SMILES string of the molecule is COc1ccc(CN(Cc2ccccc2)C(=O)NC2CCC(C(=O)O)CC2)cc1. The normalized spacial score (nSPS) is 18.7. The fourth-order valence-electron chi connectivity index (χ4n) is 3.71. The van der Waals surface area contributed by atoms with Crippen LogP contribution in [0.15, 0.2) is 54.6 Å². The number of benzene rings is 2. The highest BCUT2D eigenvalue weighted by Crippen LogP contribution is 2.25. The fraction of sp³-hybridized carbons (Fsp3) is 0.391. The summed E-state index contributed by atoms with van der Waals surface area (Å²) >= 11 is 0. The molecule has 0 atom stereocenters. The summed E-state index contributed by atoms with van der Waals surface area (Å²) in [7, 11) is 1.63. The third-order valence-corrected chi connectivity index (χ3v) is 5.44. The number of carboxylic acid groups (broad SMARTS) is 1. The summed E-state index contributed by atoms with van der Waals surface area (Å²) in [5, 5.41) is 12.3. The molecule has 1 saturated carbocycles. The molecule has 2 aromatic rings. The van der Waals surface area contributed by atoms with Gasteiger partial charge in [0.15, 0.2) is 0 Å². The average molecular weight is 396 g/mol. The number of amides is 2. The summed E-state index contributed by atoms with van der Waals surface area (Å²) in [5.41, 5.74) is 2.08. The Hall–Kier alpha value is -3.02. The molecule has 2 N–H and O–H groups in total. The number of aliphatic carboxylic acids is 1. The molecular weight excluding hydrogens is 368 g/mol. The predicted octanol–water partition coefficient (Wildman–Crippen LogP) is 4.05. The molecule has 2 amide bonds. The van der Waals surface area contributed by atoms with E-state index in [2.05, 4.69) is 5.32 Å². The molecule has 1 aliphatic rings. The van der Waals surface area contributed by atoms with Gasteiger partial charge in [0.2, 0.25) is 0 Å². The maximum Gasteiger partial charge on any atom is 0.318 e. The number of urea groups is 1. The van der Waals surface area contributed by atoms with Gasteiger partial charge in [-0.25, -0.2) is 4.79 Å². The Kier molecular flexibility index (Phi) is 7.11. The van der Waals surface area contributed by atoms with Crippen LogP contribution in [0.5, 0.6) is 5.75 Å². The number of nitrogens with one attached hydrogen (secondary N) is 1. The van der Waals surface area contributed by atoms with Gasteiger partial charge in [0.05, 0.1) is 13.0 Å². The van der Waals surface area contributed by atoms with E-state index in [4.69, 9.17) is 9.84 Å². The van der Waals surface area contributed by atoms with Crippen molar-refractivity contribution in [3.05, 3.63) is 65.7 Å². The molecule has 0 bridgehead atoms. The van der Waals surface area contributed by atoms with Gasteiger partial charge in [-0.3, -0.25) is 4.79 Å². The van der Waals surface area contributed by atoms with Gasteiger partial charge in [-0.1, -0.05) is 42.5 Å². The van der Waals surface area contributed by atoms with Crippen LogP contribution in [0.3, 0.4) is 0 Å². The van der Waals surface area contributed by atoms with Gasteiger partial charge in [-0.15, -0.1) is 0 Å². The van der Waals surface area contributed by atoms with E-state index in [1.54, 1.807) is 12.0 Å². The highest BCUT2D eigenvalue weighted by molar-refractivity contribution is 5.75. The molecule has 1 aliphatic carbocycles. The molecular formula is C23H28N2O4. The van der Waals surface area contributed by atoms with Crippen LogP contribution in [0, 0.1) is 5.92 Å². The smallest absolute Gasteiger partial charge is 0.318 e. The Balaban J connectivity index is 1.66. The van der Waals surface area contributed by atoms with Crippen molar-refractivity contribution in [1.29, 1.82) is 0 Å². The number of ether oxygens (including phenoxy) is 1.